The summed E-state index contributed by atoms with van der Waals surface area (Å²) in [7, 11) is 1.46. The molecule has 0 spiro atoms. The van der Waals surface area contributed by atoms with Crippen LogP contribution in [0.4, 0.5) is 13.8 Å². The van der Waals surface area contributed by atoms with Gasteiger partial charge in [0.05, 0.1) is 54.3 Å². The summed E-state index contributed by atoms with van der Waals surface area (Å²) in [6, 6.07) is 2.11. The molecule has 2 fully saturated rings. The lowest BCUT2D eigenvalue weighted by Crippen LogP contribution is -2.44. The molecule has 1 aromatic carbocycles. The number of β-amino-alcohol motifs (C(OH)–C–C–N with tert-alkyl or cyclic N) is 1. The number of hydrogen-bond donors (Lipinski definition) is 2. The van der Waals surface area contributed by atoms with Crippen molar-refractivity contribution in [2.45, 2.75) is 45.0 Å². The van der Waals surface area contributed by atoms with E-state index in [1.54, 1.807) is 6.92 Å². The van der Waals surface area contributed by atoms with Gasteiger partial charge in [0.25, 0.3) is 0 Å². The van der Waals surface area contributed by atoms with Crippen LogP contribution in [0.5, 0.6) is 6.01 Å². The van der Waals surface area contributed by atoms with Gasteiger partial charge in [-0.15, -0.1) is 11.3 Å². The number of anilines is 1. The van der Waals surface area contributed by atoms with Crippen LogP contribution in [0.2, 0.25) is 0 Å². The van der Waals surface area contributed by atoms with Crippen LogP contribution in [0.3, 0.4) is 0 Å². The van der Waals surface area contributed by atoms with Crippen molar-refractivity contribution in [2.24, 2.45) is 11.8 Å². The smallest absolute Gasteiger partial charge is 0.317 e. The molecular formula is C29H28F2N6O3S. The van der Waals surface area contributed by atoms with Gasteiger partial charge in [-0.1, -0.05) is 0 Å². The van der Waals surface area contributed by atoms with Gasteiger partial charge in [-0.3, -0.25) is 4.98 Å². The van der Waals surface area contributed by atoms with Crippen LogP contribution < -0.4 is 10.5 Å². The van der Waals surface area contributed by atoms with Gasteiger partial charge in [0.15, 0.2) is 11.6 Å². The Hall–Kier alpha value is -3.50. The summed E-state index contributed by atoms with van der Waals surface area (Å²) in [4.78, 5) is 15.9. The first-order valence-corrected chi connectivity index (χ1v) is 14.5. The number of piperidine rings is 1. The van der Waals surface area contributed by atoms with Crippen LogP contribution in [-0.2, 0) is 18.0 Å². The second kappa shape index (κ2) is 9.80. The summed E-state index contributed by atoms with van der Waals surface area (Å²) in [5, 5.41) is 20.8. The normalized spacial score (nSPS) is 22.8. The lowest BCUT2D eigenvalue weighted by Gasteiger charge is -2.38. The van der Waals surface area contributed by atoms with E-state index in [-0.39, 0.29) is 62.6 Å². The third-order valence-electron chi connectivity index (χ3n) is 8.78. The number of hydrogen-bond acceptors (Lipinski definition) is 10. The molecule has 3 atom stereocenters. The molecule has 1 aliphatic carbocycles. The molecule has 12 heteroatoms. The minimum atomic E-state index is -0.640. The fraction of sp³-hybridized carbons (Fsp3) is 0.448. The lowest BCUT2D eigenvalue weighted by atomic mass is 9.79. The number of aromatic nitrogens is 3. The molecule has 0 amide bonds. The monoisotopic (exact) mass is 578 g/mol. The number of fused-ring (bicyclic) bond motifs is 6. The first kappa shape index (κ1) is 26.4. The van der Waals surface area contributed by atoms with E-state index < -0.39 is 17.7 Å². The van der Waals surface area contributed by atoms with Crippen molar-refractivity contribution in [3.63, 3.8) is 0 Å². The minimum Gasteiger partial charge on any atom is -0.467 e. The Kier molecular flexibility index (Phi) is 6.31. The number of halogens is 2. The molecule has 7 rings (SSSR count). The Labute approximate surface area is 238 Å². The van der Waals surface area contributed by atoms with Crippen LogP contribution in [0, 0.1) is 34.8 Å². The van der Waals surface area contributed by atoms with Crippen LogP contribution in [-0.4, -0.2) is 57.8 Å². The molecule has 2 bridgehead atoms. The van der Waals surface area contributed by atoms with Gasteiger partial charge in [-0.2, -0.15) is 15.2 Å². The molecule has 3 aromatic heterocycles. The molecule has 41 heavy (non-hydrogen) atoms. The van der Waals surface area contributed by atoms with E-state index in [1.165, 1.54) is 7.11 Å². The molecule has 2 aliphatic heterocycles. The van der Waals surface area contributed by atoms with E-state index in [1.807, 2.05) is 6.07 Å². The Balaban J connectivity index is 1.48. The van der Waals surface area contributed by atoms with E-state index in [0.717, 1.165) is 54.7 Å². The van der Waals surface area contributed by atoms with Crippen molar-refractivity contribution in [3.8, 4) is 23.3 Å². The quantitative estimate of drug-likeness (QED) is 0.352. The van der Waals surface area contributed by atoms with Gasteiger partial charge in [-0.25, -0.2) is 8.78 Å². The van der Waals surface area contributed by atoms with Crippen LogP contribution >= 0.6 is 11.3 Å². The zero-order chi connectivity index (χ0) is 28.6. The summed E-state index contributed by atoms with van der Waals surface area (Å²) >= 11 is 0.941. The number of benzene rings is 1. The maximum absolute atomic E-state index is 16.9. The van der Waals surface area contributed by atoms with Gasteiger partial charge in [-0.05, 0) is 42.7 Å². The summed E-state index contributed by atoms with van der Waals surface area (Å²) in [5.41, 5.74) is 8.63. The molecular weight excluding hydrogens is 550 g/mol. The molecule has 9 nitrogen and oxygen atoms in total. The second-order valence-corrected chi connectivity index (χ2v) is 12.3. The molecule has 3 N–H and O–H groups in total. The van der Waals surface area contributed by atoms with Gasteiger partial charge >= 0.3 is 6.01 Å². The number of rotatable bonds is 5. The zero-order valence-corrected chi connectivity index (χ0v) is 23.4. The highest BCUT2D eigenvalue weighted by Gasteiger charge is 2.45. The SMILES string of the molecule is COc1nc(C2C3CCC2CN(CC(C)O)C3)c2c3c(c(-c4ncc(F)c5sc(N)c(C#N)c45)c(F)c2n1)COC3. The number of aliphatic hydroxyl groups excluding tert-OH is 1. The fourth-order valence-corrected chi connectivity index (χ4v) is 8.22. The van der Waals surface area contributed by atoms with Gasteiger partial charge in [0.2, 0.25) is 0 Å². The van der Waals surface area contributed by atoms with E-state index in [0.29, 0.717) is 29.3 Å². The Morgan fingerprint density at radius 1 is 1.22 bits per heavy atom. The second-order valence-electron chi connectivity index (χ2n) is 11.3. The van der Waals surface area contributed by atoms with Crippen molar-refractivity contribution >= 4 is 37.3 Å². The minimum absolute atomic E-state index is 0.0664. The number of methoxy groups -OCH3 is 1. The topological polar surface area (TPSA) is 130 Å². The Morgan fingerprint density at radius 3 is 2.63 bits per heavy atom. The van der Waals surface area contributed by atoms with Gasteiger partial charge < -0.3 is 25.2 Å². The van der Waals surface area contributed by atoms with Crippen molar-refractivity contribution in [2.75, 3.05) is 32.5 Å². The van der Waals surface area contributed by atoms with Gasteiger partial charge in [0.1, 0.15) is 16.6 Å². The number of ether oxygens (including phenoxy) is 2. The standard InChI is InChI=1S/C29H28F2N6O3S/c1-12(38)7-37-8-13-3-4-14(9-37)19(13)25-21-17-11-40-10-16(17)20(23(31)26(21)36-29(35-25)39-2)24-22-15(5-32)28(33)41-27(22)18(30)6-34-24/h6,12-14,19,38H,3-4,7-11,33H2,1-2H3. The molecule has 3 aliphatic rings. The Bertz CT molecular complexity index is 1760. The van der Waals surface area contributed by atoms with Gasteiger partial charge in [0, 0.05) is 41.9 Å². The highest BCUT2D eigenvalue weighted by molar-refractivity contribution is 7.23. The predicted octanol–water partition coefficient (Wildman–Crippen LogP) is 4.48. The molecule has 0 radical (unpaired) electrons. The van der Waals surface area contributed by atoms with Crippen LogP contribution in [0.15, 0.2) is 6.20 Å². The van der Waals surface area contributed by atoms with Crippen molar-refractivity contribution in [1.29, 1.82) is 5.26 Å². The van der Waals surface area contributed by atoms with Crippen molar-refractivity contribution in [3.05, 3.63) is 40.2 Å². The van der Waals surface area contributed by atoms with Crippen molar-refractivity contribution in [1.82, 2.24) is 19.9 Å². The third-order valence-corrected chi connectivity index (χ3v) is 9.81. The molecule has 212 valence electrons. The average molecular weight is 579 g/mol. The fourth-order valence-electron chi connectivity index (χ4n) is 7.30. The number of nitriles is 1. The number of nitrogens with two attached hydrogens (primary N) is 1. The number of nitrogen functional groups attached to an aromatic ring is 1. The highest BCUT2D eigenvalue weighted by atomic mass is 32.1. The van der Waals surface area contributed by atoms with E-state index >= 15 is 4.39 Å². The number of pyridine rings is 1. The van der Waals surface area contributed by atoms with E-state index in [4.69, 9.17) is 20.2 Å². The lowest BCUT2D eigenvalue weighted by molar-refractivity contribution is 0.0808. The summed E-state index contributed by atoms with van der Waals surface area (Å²) < 4.78 is 43.2. The first-order chi connectivity index (χ1) is 19.8. The molecule has 1 saturated heterocycles. The average Bonchev–Trinajstić information content (AvgIpc) is 3.63. The maximum Gasteiger partial charge on any atom is 0.317 e. The summed E-state index contributed by atoms with van der Waals surface area (Å²) in [6.07, 6.45) is 2.66. The van der Waals surface area contributed by atoms with E-state index in [9.17, 15) is 14.8 Å². The largest absolute Gasteiger partial charge is 0.467 e. The molecule has 4 aromatic rings. The molecule has 5 heterocycles. The number of thiophene rings is 1. The maximum atomic E-state index is 16.9. The summed E-state index contributed by atoms with van der Waals surface area (Å²) in [6.45, 7) is 4.43. The Morgan fingerprint density at radius 2 is 1.95 bits per heavy atom. The van der Waals surface area contributed by atoms with Crippen LogP contribution in [0.1, 0.15) is 48.1 Å². The number of aliphatic hydroxyl groups is 1. The zero-order valence-electron chi connectivity index (χ0n) is 22.6. The number of likely N-dealkylation sites (tertiary alicyclic amines) is 1. The molecule has 1 saturated carbocycles. The third kappa shape index (κ3) is 3.98. The summed E-state index contributed by atoms with van der Waals surface area (Å²) in [5.74, 6) is -0.603. The number of nitrogens with zero attached hydrogens (tertiary/aromatic N) is 5. The van der Waals surface area contributed by atoms with Crippen molar-refractivity contribution < 1.29 is 23.4 Å². The van der Waals surface area contributed by atoms with Crippen LogP contribution in [0.25, 0.3) is 32.2 Å². The first-order valence-electron chi connectivity index (χ1n) is 13.6. The predicted molar refractivity (Wildman–Crippen MR) is 149 cm³/mol. The molecule has 3 unspecified atom stereocenters. The van der Waals surface area contributed by atoms with E-state index in [2.05, 4.69) is 14.9 Å². The highest BCUT2D eigenvalue weighted by Crippen LogP contribution is 2.52.